The minimum atomic E-state index is -1.72. The van der Waals surface area contributed by atoms with Gasteiger partial charge in [-0.3, -0.25) is 4.84 Å². The first-order valence-electron chi connectivity index (χ1n) is 9.43. The molecule has 140 valence electrons. The largest absolute Gasteiger partial charge is 0.416 e. The molecule has 3 atom stereocenters. The molecule has 0 bridgehead atoms. The molecule has 2 fully saturated rings. The second-order valence-corrected chi connectivity index (χ2v) is 13.8. The van der Waals surface area contributed by atoms with E-state index in [9.17, 15) is 0 Å². The van der Waals surface area contributed by atoms with E-state index in [0.717, 1.165) is 33.0 Å². The topological polar surface area (TPSA) is 30.9 Å². The van der Waals surface area contributed by atoms with E-state index in [0.29, 0.717) is 17.9 Å². The fourth-order valence-electron chi connectivity index (χ4n) is 3.35. The van der Waals surface area contributed by atoms with Gasteiger partial charge in [0.2, 0.25) is 0 Å². The maximum atomic E-state index is 6.48. The van der Waals surface area contributed by atoms with E-state index >= 15 is 0 Å². The number of hydroxylamine groups is 2. The van der Waals surface area contributed by atoms with Gasteiger partial charge in [-0.15, -0.1) is 0 Å². The minimum Gasteiger partial charge on any atom is -0.416 e. The molecule has 2 aliphatic heterocycles. The highest BCUT2D eigenvalue weighted by Gasteiger charge is 2.45. The van der Waals surface area contributed by atoms with Gasteiger partial charge in [-0.25, -0.2) is 0 Å². The van der Waals surface area contributed by atoms with Gasteiger partial charge in [0.05, 0.1) is 25.9 Å². The van der Waals surface area contributed by atoms with Gasteiger partial charge in [0.25, 0.3) is 0 Å². The average Bonchev–Trinajstić information content (AvgIpc) is 2.96. The summed E-state index contributed by atoms with van der Waals surface area (Å²) in [5.74, 6) is 0.927. The molecule has 2 heterocycles. The summed E-state index contributed by atoms with van der Waals surface area (Å²) in [6.07, 6.45) is 0. The zero-order chi connectivity index (χ0) is 18.1. The van der Waals surface area contributed by atoms with Crippen LogP contribution in [0, 0.1) is 11.8 Å². The van der Waals surface area contributed by atoms with Crippen molar-refractivity contribution in [2.75, 3.05) is 26.4 Å². The molecule has 1 aromatic carbocycles. The third-order valence-electron chi connectivity index (χ3n) is 6.17. The summed E-state index contributed by atoms with van der Waals surface area (Å²) in [4.78, 5) is 6.04. The van der Waals surface area contributed by atoms with E-state index in [-0.39, 0.29) is 5.04 Å². The second-order valence-electron chi connectivity index (χ2n) is 8.96. The Morgan fingerprint density at radius 1 is 1.12 bits per heavy atom. The Labute approximate surface area is 153 Å². The number of hydrogen-bond donors (Lipinski definition) is 0. The predicted molar refractivity (Wildman–Crippen MR) is 103 cm³/mol. The van der Waals surface area contributed by atoms with Crippen LogP contribution in [0.25, 0.3) is 0 Å². The van der Waals surface area contributed by atoms with Crippen LogP contribution in [0.1, 0.15) is 26.3 Å². The van der Waals surface area contributed by atoms with E-state index in [1.165, 1.54) is 5.56 Å². The Kier molecular flexibility index (Phi) is 5.71. The molecule has 0 unspecified atom stereocenters. The summed E-state index contributed by atoms with van der Waals surface area (Å²) in [5.41, 5.74) is 1.28. The van der Waals surface area contributed by atoms with Crippen LogP contribution in [-0.4, -0.2) is 45.8 Å². The van der Waals surface area contributed by atoms with E-state index < -0.39 is 8.32 Å². The van der Waals surface area contributed by atoms with Crippen LogP contribution < -0.4 is 0 Å². The van der Waals surface area contributed by atoms with Crippen LogP contribution in [0.4, 0.5) is 0 Å². The van der Waals surface area contributed by atoms with E-state index in [1.807, 2.05) is 0 Å². The zero-order valence-electron chi connectivity index (χ0n) is 16.3. The van der Waals surface area contributed by atoms with Crippen molar-refractivity contribution in [2.45, 2.75) is 51.5 Å². The van der Waals surface area contributed by atoms with Gasteiger partial charge in [-0.05, 0) is 23.7 Å². The third kappa shape index (κ3) is 4.34. The normalized spacial score (nSPS) is 28.1. The molecule has 2 saturated heterocycles. The van der Waals surface area contributed by atoms with E-state index in [1.54, 1.807) is 0 Å². The quantitative estimate of drug-likeness (QED) is 0.738. The number of fused-ring (bicyclic) bond motifs is 1. The van der Waals surface area contributed by atoms with Gasteiger partial charge < -0.3 is 9.16 Å². The fourth-order valence-corrected chi connectivity index (χ4v) is 4.42. The molecule has 0 amide bonds. The first-order valence-corrected chi connectivity index (χ1v) is 12.3. The van der Waals surface area contributed by atoms with Gasteiger partial charge in [-0.2, -0.15) is 5.06 Å². The molecule has 0 saturated carbocycles. The van der Waals surface area contributed by atoms with Crippen molar-refractivity contribution in [2.24, 2.45) is 11.8 Å². The Morgan fingerprint density at radius 3 is 2.52 bits per heavy atom. The monoisotopic (exact) mass is 363 g/mol. The highest BCUT2D eigenvalue weighted by atomic mass is 28.4. The van der Waals surface area contributed by atoms with Gasteiger partial charge in [-0.1, -0.05) is 51.1 Å². The molecule has 2 aliphatic rings. The molecule has 5 heteroatoms. The molecular weight excluding hydrogens is 330 g/mol. The molecule has 0 aliphatic carbocycles. The summed E-state index contributed by atoms with van der Waals surface area (Å²) in [6, 6.07) is 10.8. The zero-order valence-corrected chi connectivity index (χ0v) is 17.3. The molecule has 0 radical (unpaired) electrons. The highest BCUT2D eigenvalue weighted by molar-refractivity contribution is 6.74. The van der Waals surface area contributed by atoms with Crippen LogP contribution in [0.5, 0.6) is 0 Å². The Hall–Kier alpha value is -0.723. The van der Waals surface area contributed by atoms with Crippen LogP contribution in [0.15, 0.2) is 30.3 Å². The van der Waals surface area contributed by atoms with Crippen molar-refractivity contribution in [3.63, 3.8) is 0 Å². The summed E-state index contributed by atoms with van der Waals surface area (Å²) < 4.78 is 12.4. The lowest BCUT2D eigenvalue weighted by Crippen LogP contribution is -2.48. The lowest BCUT2D eigenvalue weighted by atomic mass is 9.86. The molecule has 0 N–H and O–H groups in total. The van der Waals surface area contributed by atoms with Gasteiger partial charge in [0.15, 0.2) is 8.32 Å². The molecular formula is C20H33NO3Si. The summed E-state index contributed by atoms with van der Waals surface area (Å²) in [6.45, 7) is 15.5. The first kappa shape index (κ1) is 19.0. The Bertz CT molecular complexity index is 558. The SMILES string of the molecule is CC(C)(C)[Si](C)(C)OC[C@H]1COC[C@H]2[C@@H]1CON2Cc1ccccc1. The third-order valence-corrected chi connectivity index (χ3v) is 10.7. The standard InChI is InChI=1S/C20H33NO3Si/c1-20(2,3)25(4,5)24-13-17-12-22-15-19-18(17)14-23-21(19)11-16-9-7-6-8-10-16/h6-10,17-19H,11-15H2,1-5H3/t17-,18-,19+/m1/s1. The second kappa shape index (κ2) is 7.49. The first-order chi connectivity index (χ1) is 11.8. The molecule has 25 heavy (non-hydrogen) atoms. The maximum Gasteiger partial charge on any atom is 0.191 e. The molecule has 0 spiro atoms. The predicted octanol–water partition coefficient (Wildman–Crippen LogP) is 4.09. The maximum absolute atomic E-state index is 6.48. The fraction of sp³-hybridized carbons (Fsp3) is 0.700. The van der Waals surface area contributed by atoms with Gasteiger partial charge in [0.1, 0.15) is 0 Å². The van der Waals surface area contributed by atoms with Crippen LogP contribution in [0.3, 0.4) is 0 Å². The van der Waals surface area contributed by atoms with Crippen molar-refractivity contribution >= 4 is 8.32 Å². The van der Waals surface area contributed by atoms with Crippen molar-refractivity contribution < 1.29 is 14.0 Å². The van der Waals surface area contributed by atoms with E-state index in [2.05, 4.69) is 69.3 Å². The molecule has 4 nitrogen and oxygen atoms in total. The number of nitrogens with zero attached hydrogens (tertiary/aromatic N) is 1. The lowest BCUT2D eigenvalue weighted by Gasteiger charge is -2.40. The Morgan fingerprint density at radius 2 is 1.84 bits per heavy atom. The number of ether oxygens (including phenoxy) is 1. The summed E-state index contributed by atoms with van der Waals surface area (Å²) >= 11 is 0. The van der Waals surface area contributed by atoms with Crippen LogP contribution in [-0.2, 0) is 20.5 Å². The minimum absolute atomic E-state index is 0.243. The van der Waals surface area contributed by atoms with Crippen molar-refractivity contribution in [3.05, 3.63) is 35.9 Å². The molecule has 3 rings (SSSR count). The lowest BCUT2D eigenvalue weighted by molar-refractivity contribution is -0.154. The average molecular weight is 364 g/mol. The van der Waals surface area contributed by atoms with E-state index in [4.69, 9.17) is 14.0 Å². The molecule has 0 aromatic heterocycles. The number of hydrogen-bond acceptors (Lipinski definition) is 4. The number of rotatable bonds is 5. The van der Waals surface area contributed by atoms with Crippen molar-refractivity contribution in [3.8, 4) is 0 Å². The Balaban J connectivity index is 1.60. The smallest absolute Gasteiger partial charge is 0.191 e. The number of benzene rings is 1. The van der Waals surface area contributed by atoms with Crippen molar-refractivity contribution in [1.82, 2.24) is 5.06 Å². The highest BCUT2D eigenvalue weighted by Crippen LogP contribution is 2.39. The van der Waals surface area contributed by atoms with Gasteiger partial charge >= 0.3 is 0 Å². The summed E-state index contributed by atoms with van der Waals surface area (Å²) in [5, 5.41) is 2.37. The van der Waals surface area contributed by atoms with Crippen LogP contribution in [0.2, 0.25) is 18.1 Å². The van der Waals surface area contributed by atoms with Gasteiger partial charge in [0, 0.05) is 25.0 Å². The van der Waals surface area contributed by atoms with Crippen LogP contribution >= 0.6 is 0 Å². The van der Waals surface area contributed by atoms with Crippen molar-refractivity contribution in [1.29, 1.82) is 0 Å². The summed E-state index contributed by atoms with van der Waals surface area (Å²) in [7, 11) is -1.72. The molecule has 1 aromatic rings.